The van der Waals surface area contributed by atoms with Crippen LogP contribution in [-0.2, 0) is 20.9 Å². The van der Waals surface area contributed by atoms with Gasteiger partial charge in [0.15, 0.2) is 0 Å². The molecule has 38 heavy (non-hydrogen) atoms. The molecule has 9 nitrogen and oxygen atoms in total. The molecule has 0 unspecified atom stereocenters. The van der Waals surface area contributed by atoms with Crippen molar-refractivity contribution in [2.75, 3.05) is 11.4 Å². The number of anilines is 1. The number of carboxylic acids is 2. The predicted octanol–water partition coefficient (Wildman–Crippen LogP) is 3.63. The van der Waals surface area contributed by atoms with Gasteiger partial charge in [0.25, 0.3) is 5.91 Å². The van der Waals surface area contributed by atoms with E-state index in [0.29, 0.717) is 5.69 Å². The average Bonchev–Trinajstić information content (AvgIpc) is 3.41. The quantitative estimate of drug-likeness (QED) is 0.441. The molecule has 3 aromatic rings. The van der Waals surface area contributed by atoms with Gasteiger partial charge in [0.05, 0.1) is 5.69 Å². The minimum atomic E-state index is -5.08. The van der Waals surface area contributed by atoms with Crippen molar-refractivity contribution in [2.45, 2.75) is 30.7 Å². The zero-order chi connectivity index (χ0) is 27.7. The van der Waals surface area contributed by atoms with E-state index in [1.807, 2.05) is 48.5 Å². The number of fused-ring (bicyclic) bond motifs is 1. The van der Waals surface area contributed by atoms with Crippen LogP contribution in [0.5, 0.6) is 0 Å². The number of carbonyl (C=O) groups is 4. The molecule has 12 heteroatoms. The van der Waals surface area contributed by atoms with Crippen LogP contribution in [0.1, 0.15) is 12.0 Å². The van der Waals surface area contributed by atoms with Crippen LogP contribution in [-0.4, -0.2) is 63.3 Å². The van der Waals surface area contributed by atoms with Gasteiger partial charge in [-0.1, -0.05) is 60.7 Å². The third kappa shape index (κ3) is 4.90. The van der Waals surface area contributed by atoms with Crippen molar-refractivity contribution < 1.29 is 42.6 Å². The maximum atomic E-state index is 13.6. The molecular formula is C26H22F3N3O6. The second-order valence-corrected chi connectivity index (χ2v) is 8.79. The Morgan fingerprint density at radius 3 is 2.16 bits per heavy atom. The number of nitrogens with one attached hydrogen (secondary N) is 1. The van der Waals surface area contributed by atoms with Crippen LogP contribution in [0.3, 0.4) is 0 Å². The van der Waals surface area contributed by atoms with Crippen molar-refractivity contribution in [3.05, 3.63) is 78.4 Å². The SMILES string of the molecule is O=C(O)C(F)(F)F.O=C(O)[C@@H]1C[C@@]2(CN1)C(=O)N(c1ccccc1)C(=O)N2Cc1cccc2ccccc12. The van der Waals surface area contributed by atoms with E-state index in [0.717, 1.165) is 16.3 Å². The Morgan fingerprint density at radius 2 is 1.55 bits per heavy atom. The first-order valence-electron chi connectivity index (χ1n) is 11.4. The Labute approximate surface area is 214 Å². The normalized spacial score (nSPS) is 21.1. The lowest BCUT2D eigenvalue weighted by molar-refractivity contribution is -0.192. The number of hydrogen-bond donors (Lipinski definition) is 3. The van der Waals surface area contributed by atoms with Gasteiger partial charge in [-0.2, -0.15) is 13.2 Å². The number of rotatable bonds is 4. The number of halogens is 3. The molecule has 0 aromatic heterocycles. The van der Waals surface area contributed by atoms with Gasteiger partial charge in [-0.05, 0) is 28.5 Å². The zero-order valence-corrected chi connectivity index (χ0v) is 19.7. The second-order valence-electron chi connectivity index (χ2n) is 8.79. The summed E-state index contributed by atoms with van der Waals surface area (Å²) in [6.07, 6.45) is -5.05. The molecular weight excluding hydrogens is 507 g/mol. The van der Waals surface area contributed by atoms with Crippen molar-refractivity contribution in [1.82, 2.24) is 10.2 Å². The van der Waals surface area contributed by atoms with E-state index in [1.54, 1.807) is 29.2 Å². The number of amides is 3. The van der Waals surface area contributed by atoms with Crippen molar-refractivity contribution in [1.29, 1.82) is 0 Å². The van der Waals surface area contributed by atoms with Gasteiger partial charge >= 0.3 is 24.1 Å². The zero-order valence-electron chi connectivity index (χ0n) is 19.7. The molecule has 1 spiro atoms. The number of hydrogen-bond acceptors (Lipinski definition) is 5. The molecule has 0 bridgehead atoms. The smallest absolute Gasteiger partial charge is 0.480 e. The highest BCUT2D eigenvalue weighted by atomic mass is 19.4. The van der Waals surface area contributed by atoms with E-state index < -0.39 is 35.7 Å². The molecule has 2 heterocycles. The van der Waals surface area contributed by atoms with Crippen molar-refractivity contribution >= 4 is 40.3 Å². The molecule has 0 radical (unpaired) electrons. The molecule has 3 amide bonds. The van der Waals surface area contributed by atoms with Crippen LogP contribution in [0.25, 0.3) is 10.8 Å². The van der Waals surface area contributed by atoms with Crippen molar-refractivity contribution in [2.24, 2.45) is 0 Å². The largest absolute Gasteiger partial charge is 0.490 e. The summed E-state index contributed by atoms with van der Waals surface area (Å²) in [4.78, 5) is 50.4. The van der Waals surface area contributed by atoms with Gasteiger partial charge in [-0.15, -0.1) is 0 Å². The van der Waals surface area contributed by atoms with Crippen molar-refractivity contribution in [3.63, 3.8) is 0 Å². The molecule has 198 valence electrons. The number of imide groups is 1. The molecule has 2 atom stereocenters. The first-order valence-corrected chi connectivity index (χ1v) is 11.4. The summed E-state index contributed by atoms with van der Waals surface area (Å²) in [5.74, 6) is -4.17. The first-order chi connectivity index (χ1) is 18.0. The Morgan fingerprint density at radius 1 is 0.947 bits per heavy atom. The third-order valence-corrected chi connectivity index (χ3v) is 6.49. The number of urea groups is 1. The maximum absolute atomic E-state index is 13.6. The van der Waals surface area contributed by atoms with Gasteiger partial charge in [0.1, 0.15) is 11.6 Å². The van der Waals surface area contributed by atoms with Crippen LogP contribution in [0.2, 0.25) is 0 Å². The van der Waals surface area contributed by atoms with Crippen LogP contribution < -0.4 is 10.2 Å². The summed E-state index contributed by atoms with van der Waals surface area (Å²) in [7, 11) is 0. The predicted molar refractivity (Wildman–Crippen MR) is 129 cm³/mol. The molecule has 0 saturated carbocycles. The van der Waals surface area contributed by atoms with Crippen molar-refractivity contribution in [3.8, 4) is 0 Å². The van der Waals surface area contributed by atoms with Gasteiger partial charge < -0.3 is 20.4 Å². The highest BCUT2D eigenvalue weighted by Gasteiger charge is 2.61. The summed E-state index contributed by atoms with van der Waals surface area (Å²) in [6.45, 7) is 0.311. The standard InChI is InChI=1S/C24H21N3O4.C2HF3O2/c28-21(29)20-13-24(15-25-20)22(30)27(18-10-2-1-3-11-18)23(31)26(24)14-17-9-6-8-16-7-4-5-12-19(16)17;3-2(4,5)1(6)7/h1-12,20,25H,13-15H2,(H,28,29);(H,6,7)/t20-,24+;/m0./s1. The number of benzene rings is 3. The lowest BCUT2D eigenvalue weighted by atomic mass is 9.92. The highest BCUT2D eigenvalue weighted by molar-refractivity contribution is 6.23. The lowest BCUT2D eigenvalue weighted by Gasteiger charge is -2.31. The molecule has 2 aliphatic rings. The van der Waals surface area contributed by atoms with E-state index in [4.69, 9.17) is 9.90 Å². The first kappa shape index (κ1) is 26.6. The summed E-state index contributed by atoms with van der Waals surface area (Å²) in [5, 5.41) is 21.6. The summed E-state index contributed by atoms with van der Waals surface area (Å²) < 4.78 is 31.7. The molecule has 2 fully saturated rings. The molecule has 2 saturated heterocycles. The monoisotopic (exact) mass is 529 g/mol. The minimum absolute atomic E-state index is 0.0288. The van der Waals surface area contributed by atoms with Crippen LogP contribution in [0.15, 0.2) is 72.8 Å². The van der Waals surface area contributed by atoms with Crippen LogP contribution >= 0.6 is 0 Å². The van der Waals surface area contributed by atoms with Gasteiger partial charge in [0.2, 0.25) is 0 Å². The molecule has 3 N–H and O–H groups in total. The Kier molecular flexibility index (Phi) is 7.09. The minimum Gasteiger partial charge on any atom is -0.480 e. The van der Waals surface area contributed by atoms with Gasteiger partial charge in [-0.25, -0.2) is 14.5 Å². The van der Waals surface area contributed by atoms with E-state index in [-0.39, 0.29) is 25.4 Å². The average molecular weight is 529 g/mol. The Hall–Kier alpha value is -4.45. The summed E-state index contributed by atoms with van der Waals surface area (Å²) >= 11 is 0. The van der Waals surface area contributed by atoms with Crippen LogP contribution in [0, 0.1) is 0 Å². The molecule has 3 aromatic carbocycles. The van der Waals surface area contributed by atoms with Gasteiger partial charge in [0, 0.05) is 19.5 Å². The topological polar surface area (TPSA) is 127 Å². The Bertz CT molecular complexity index is 1390. The summed E-state index contributed by atoms with van der Waals surface area (Å²) in [6, 6.07) is 21.2. The number of carboxylic acid groups (broad SMARTS) is 2. The fourth-order valence-corrected chi connectivity index (χ4v) is 4.66. The molecule has 5 rings (SSSR count). The summed E-state index contributed by atoms with van der Waals surface area (Å²) in [5.41, 5.74) is 0.149. The number of aliphatic carboxylic acids is 2. The third-order valence-electron chi connectivity index (χ3n) is 6.49. The second kappa shape index (κ2) is 10.1. The van der Waals surface area contributed by atoms with E-state index in [9.17, 15) is 32.7 Å². The fourth-order valence-electron chi connectivity index (χ4n) is 4.66. The molecule has 2 aliphatic heterocycles. The Balaban J connectivity index is 0.000000426. The van der Waals surface area contributed by atoms with E-state index in [1.165, 1.54) is 4.90 Å². The van der Waals surface area contributed by atoms with Gasteiger partial charge in [-0.3, -0.25) is 9.59 Å². The number of nitrogens with zero attached hydrogens (tertiary/aromatic N) is 2. The highest BCUT2D eigenvalue weighted by Crippen LogP contribution is 2.39. The number of alkyl halides is 3. The van der Waals surface area contributed by atoms with E-state index in [2.05, 4.69) is 5.32 Å². The fraction of sp³-hybridized carbons (Fsp3) is 0.231. The maximum Gasteiger partial charge on any atom is 0.490 e. The van der Waals surface area contributed by atoms with E-state index >= 15 is 0 Å². The lowest BCUT2D eigenvalue weighted by Crippen LogP contribution is -2.51. The number of carbonyl (C=O) groups excluding carboxylic acids is 2. The molecule has 0 aliphatic carbocycles. The van der Waals surface area contributed by atoms with Crippen LogP contribution in [0.4, 0.5) is 23.7 Å². The number of para-hydroxylation sites is 1.